The van der Waals surface area contributed by atoms with Crippen LogP contribution in [0.25, 0.3) is 0 Å². The molecule has 4 amide bonds. The Morgan fingerprint density at radius 1 is 1.40 bits per heavy atom. The highest BCUT2D eigenvalue weighted by Crippen LogP contribution is 2.11. The molecule has 1 unspecified atom stereocenters. The zero-order valence-corrected chi connectivity index (χ0v) is 10.3. The van der Waals surface area contributed by atoms with Crippen LogP contribution in [0.5, 0.6) is 5.75 Å². The number of hydrogen-bond acceptors (Lipinski definition) is 4. The Morgan fingerprint density at radius 2 is 2.20 bits per heavy atom. The van der Waals surface area contributed by atoms with Gasteiger partial charge in [0.15, 0.2) is 6.61 Å². The molecule has 1 fully saturated rings. The van der Waals surface area contributed by atoms with Crippen LogP contribution in [0.3, 0.4) is 0 Å². The SMILES string of the molecule is O=C(COc1cccc(F)c1)NCC1NC(=O)NC1=O. The average Bonchev–Trinajstić information content (AvgIpc) is 2.72. The van der Waals surface area contributed by atoms with Crippen LogP contribution in [0.1, 0.15) is 0 Å². The number of ether oxygens (including phenoxy) is 1. The van der Waals surface area contributed by atoms with E-state index in [1.54, 1.807) is 0 Å². The number of benzene rings is 1. The largest absolute Gasteiger partial charge is 0.484 e. The second-order valence-electron chi connectivity index (χ2n) is 4.07. The van der Waals surface area contributed by atoms with Crippen LogP contribution in [0, 0.1) is 5.82 Å². The highest BCUT2D eigenvalue weighted by molar-refractivity contribution is 6.04. The molecule has 0 spiro atoms. The first-order valence-corrected chi connectivity index (χ1v) is 5.81. The van der Waals surface area contributed by atoms with Gasteiger partial charge in [0, 0.05) is 12.6 Å². The Kier molecular flexibility index (Phi) is 4.14. The van der Waals surface area contributed by atoms with Crippen LogP contribution in [-0.2, 0) is 9.59 Å². The number of urea groups is 1. The number of carbonyl (C=O) groups is 3. The summed E-state index contributed by atoms with van der Waals surface area (Å²) in [6.07, 6.45) is 0. The fourth-order valence-electron chi connectivity index (χ4n) is 1.58. The maximum Gasteiger partial charge on any atom is 0.322 e. The van der Waals surface area contributed by atoms with Crippen molar-refractivity contribution in [2.45, 2.75) is 6.04 Å². The molecule has 106 valence electrons. The minimum absolute atomic E-state index is 0.0388. The maximum absolute atomic E-state index is 12.9. The first-order valence-electron chi connectivity index (χ1n) is 5.81. The van der Waals surface area contributed by atoms with E-state index in [0.717, 1.165) is 6.07 Å². The minimum atomic E-state index is -0.791. The van der Waals surface area contributed by atoms with Crippen LogP contribution < -0.4 is 20.7 Å². The van der Waals surface area contributed by atoms with Gasteiger partial charge in [-0.05, 0) is 12.1 Å². The van der Waals surface area contributed by atoms with Crippen molar-refractivity contribution in [2.75, 3.05) is 13.2 Å². The van der Waals surface area contributed by atoms with Crippen molar-refractivity contribution in [3.05, 3.63) is 30.1 Å². The summed E-state index contributed by atoms with van der Waals surface area (Å²) in [7, 11) is 0. The van der Waals surface area contributed by atoms with Crippen molar-refractivity contribution >= 4 is 17.8 Å². The Balaban J connectivity index is 1.73. The smallest absolute Gasteiger partial charge is 0.322 e. The van der Waals surface area contributed by atoms with Crippen LogP contribution in [0.15, 0.2) is 24.3 Å². The van der Waals surface area contributed by atoms with E-state index < -0.39 is 29.7 Å². The van der Waals surface area contributed by atoms with Gasteiger partial charge in [-0.25, -0.2) is 9.18 Å². The van der Waals surface area contributed by atoms with E-state index >= 15 is 0 Å². The van der Waals surface area contributed by atoms with Crippen molar-refractivity contribution in [2.24, 2.45) is 0 Å². The molecular formula is C12H12FN3O4. The predicted octanol–water partition coefficient (Wildman–Crippen LogP) is -0.471. The molecule has 1 aliphatic heterocycles. The minimum Gasteiger partial charge on any atom is -0.484 e. The van der Waals surface area contributed by atoms with E-state index in [4.69, 9.17) is 4.74 Å². The monoisotopic (exact) mass is 281 g/mol. The lowest BCUT2D eigenvalue weighted by atomic mass is 10.3. The predicted molar refractivity (Wildman–Crippen MR) is 65.4 cm³/mol. The Labute approximate surface area is 113 Å². The molecule has 1 saturated heterocycles. The van der Waals surface area contributed by atoms with Crippen LogP contribution >= 0.6 is 0 Å². The van der Waals surface area contributed by atoms with E-state index in [-0.39, 0.29) is 18.9 Å². The Bertz CT molecular complexity index is 549. The number of amides is 4. The third kappa shape index (κ3) is 3.67. The van der Waals surface area contributed by atoms with E-state index in [1.807, 2.05) is 5.32 Å². The van der Waals surface area contributed by atoms with Gasteiger partial charge in [-0.15, -0.1) is 0 Å². The van der Waals surface area contributed by atoms with E-state index in [9.17, 15) is 18.8 Å². The third-order valence-corrected chi connectivity index (χ3v) is 2.53. The molecule has 8 heteroatoms. The van der Waals surface area contributed by atoms with Crippen molar-refractivity contribution in [3.63, 3.8) is 0 Å². The van der Waals surface area contributed by atoms with Gasteiger partial charge in [0.2, 0.25) is 0 Å². The summed E-state index contributed by atoms with van der Waals surface area (Å²) in [5.41, 5.74) is 0. The van der Waals surface area contributed by atoms with E-state index in [2.05, 4.69) is 10.6 Å². The fourth-order valence-corrected chi connectivity index (χ4v) is 1.58. The van der Waals surface area contributed by atoms with E-state index in [1.165, 1.54) is 18.2 Å². The fraction of sp³-hybridized carbons (Fsp3) is 0.250. The molecular weight excluding hydrogens is 269 g/mol. The zero-order valence-electron chi connectivity index (χ0n) is 10.3. The highest BCUT2D eigenvalue weighted by atomic mass is 19.1. The molecule has 1 aromatic carbocycles. The van der Waals surface area contributed by atoms with Gasteiger partial charge in [-0.3, -0.25) is 14.9 Å². The summed E-state index contributed by atoms with van der Waals surface area (Å²) in [6, 6.07) is 4.00. The third-order valence-electron chi connectivity index (χ3n) is 2.53. The van der Waals surface area contributed by atoms with Crippen molar-refractivity contribution in [3.8, 4) is 5.75 Å². The lowest BCUT2D eigenvalue weighted by Crippen LogP contribution is -2.43. The molecule has 20 heavy (non-hydrogen) atoms. The number of halogens is 1. The lowest BCUT2D eigenvalue weighted by molar-refractivity contribution is -0.123. The second kappa shape index (κ2) is 6.00. The second-order valence-corrected chi connectivity index (χ2v) is 4.07. The van der Waals surface area contributed by atoms with Crippen molar-refractivity contribution < 1.29 is 23.5 Å². The van der Waals surface area contributed by atoms with Crippen LogP contribution in [0.2, 0.25) is 0 Å². The average molecular weight is 281 g/mol. The first kappa shape index (κ1) is 13.8. The molecule has 7 nitrogen and oxygen atoms in total. The molecule has 1 heterocycles. The molecule has 1 atom stereocenters. The number of imide groups is 1. The summed E-state index contributed by atoms with van der Waals surface area (Å²) in [4.78, 5) is 33.5. The van der Waals surface area contributed by atoms with Gasteiger partial charge in [0.25, 0.3) is 11.8 Å². The molecule has 0 aliphatic carbocycles. The van der Waals surface area contributed by atoms with Crippen LogP contribution in [0.4, 0.5) is 9.18 Å². The Hall–Kier alpha value is -2.64. The van der Waals surface area contributed by atoms with Gasteiger partial charge >= 0.3 is 6.03 Å². The summed E-state index contributed by atoms with van der Waals surface area (Å²) in [5, 5.41) is 6.80. The number of carbonyl (C=O) groups excluding carboxylic acids is 3. The zero-order chi connectivity index (χ0) is 14.5. The van der Waals surface area contributed by atoms with Gasteiger partial charge in [-0.2, -0.15) is 0 Å². The van der Waals surface area contributed by atoms with Crippen molar-refractivity contribution in [1.82, 2.24) is 16.0 Å². The highest BCUT2D eigenvalue weighted by Gasteiger charge is 2.29. The van der Waals surface area contributed by atoms with Crippen LogP contribution in [-0.4, -0.2) is 37.0 Å². The molecule has 2 rings (SSSR count). The lowest BCUT2D eigenvalue weighted by Gasteiger charge is -2.10. The topological polar surface area (TPSA) is 96.5 Å². The molecule has 0 radical (unpaired) electrons. The quantitative estimate of drug-likeness (QED) is 0.636. The van der Waals surface area contributed by atoms with Gasteiger partial charge < -0.3 is 15.4 Å². The molecule has 1 aromatic rings. The molecule has 0 saturated carbocycles. The molecule has 1 aliphatic rings. The van der Waals surface area contributed by atoms with Gasteiger partial charge in [0.1, 0.15) is 17.6 Å². The van der Waals surface area contributed by atoms with Gasteiger partial charge in [0.05, 0.1) is 0 Å². The van der Waals surface area contributed by atoms with Gasteiger partial charge in [-0.1, -0.05) is 6.07 Å². The Morgan fingerprint density at radius 3 is 2.85 bits per heavy atom. The number of hydrogen-bond donors (Lipinski definition) is 3. The molecule has 3 N–H and O–H groups in total. The summed E-state index contributed by atoms with van der Waals surface area (Å²) >= 11 is 0. The first-order chi connectivity index (χ1) is 9.54. The molecule has 0 bridgehead atoms. The number of rotatable bonds is 5. The summed E-state index contributed by atoms with van der Waals surface area (Å²) < 4.78 is 17.9. The summed E-state index contributed by atoms with van der Waals surface area (Å²) in [5.74, 6) is -1.22. The normalized spacial score (nSPS) is 17.4. The maximum atomic E-state index is 12.9. The van der Waals surface area contributed by atoms with Crippen molar-refractivity contribution in [1.29, 1.82) is 0 Å². The number of nitrogens with one attached hydrogen (secondary N) is 3. The molecule has 0 aromatic heterocycles. The standard InChI is InChI=1S/C12H12FN3O4/c13-7-2-1-3-8(4-7)20-6-10(17)14-5-9-11(18)16-12(19)15-9/h1-4,9H,5-6H2,(H,14,17)(H2,15,16,18,19). The van der Waals surface area contributed by atoms with E-state index in [0.29, 0.717) is 0 Å². The summed E-state index contributed by atoms with van der Waals surface area (Å²) in [6.45, 7) is -0.353.